The Morgan fingerprint density at radius 1 is 0.905 bits per heavy atom. The zero-order valence-electron chi connectivity index (χ0n) is 24.5. The molecular weight excluding hydrogens is 534 g/mol. The Morgan fingerprint density at radius 2 is 1.71 bits per heavy atom. The first kappa shape index (κ1) is 28.6. The Bertz CT molecular complexity index is 1340. The highest BCUT2D eigenvalue weighted by molar-refractivity contribution is 5.62. The van der Waals surface area contributed by atoms with Crippen LogP contribution in [0.15, 0.2) is 60.7 Å². The topological polar surface area (TPSA) is 84.9 Å². The molecule has 9 nitrogen and oxygen atoms in total. The van der Waals surface area contributed by atoms with Gasteiger partial charge in [0.1, 0.15) is 36.2 Å². The Labute approximate surface area is 247 Å². The third kappa shape index (κ3) is 6.44. The van der Waals surface area contributed by atoms with Crippen LogP contribution in [0, 0.1) is 0 Å². The van der Waals surface area contributed by atoms with Crippen LogP contribution in [0.25, 0.3) is 0 Å². The number of hydrogen-bond acceptors (Lipinski definition) is 9. The average molecular weight is 576 g/mol. The van der Waals surface area contributed by atoms with E-state index in [-0.39, 0.29) is 12.0 Å². The number of anilines is 2. The molecule has 3 aliphatic rings. The summed E-state index contributed by atoms with van der Waals surface area (Å²) in [6.07, 6.45) is 0.228. The molecule has 0 saturated carbocycles. The first-order valence-electron chi connectivity index (χ1n) is 14.8. The van der Waals surface area contributed by atoms with Crippen molar-refractivity contribution in [2.75, 3.05) is 76.5 Å². The first-order valence-corrected chi connectivity index (χ1v) is 14.8. The Balaban J connectivity index is 1.11. The predicted octanol–water partition coefficient (Wildman–Crippen LogP) is 4.18. The number of aliphatic hydroxyl groups excluding tert-OH is 1. The van der Waals surface area contributed by atoms with Crippen molar-refractivity contribution >= 4 is 11.4 Å². The van der Waals surface area contributed by atoms with E-state index in [2.05, 4.69) is 34.3 Å². The molecule has 2 N–H and O–H groups in total. The number of aliphatic hydroxyl groups is 1. The molecule has 42 heavy (non-hydrogen) atoms. The van der Waals surface area contributed by atoms with Gasteiger partial charge in [0.15, 0.2) is 0 Å². The molecule has 6 rings (SSSR count). The van der Waals surface area contributed by atoms with Gasteiger partial charge in [0.25, 0.3) is 0 Å². The van der Waals surface area contributed by atoms with E-state index in [9.17, 15) is 5.11 Å². The number of likely N-dealkylation sites (N-methyl/N-ethyl adjacent to an activating group) is 1. The fraction of sp³-hybridized carbons (Fsp3) is 0.455. The number of ether oxygens (including phenoxy) is 5. The number of nitrogens with zero attached hydrogens (tertiary/aromatic N) is 2. The molecule has 3 aliphatic heterocycles. The molecule has 3 aromatic carbocycles. The molecule has 0 aliphatic carbocycles. The zero-order chi connectivity index (χ0) is 28.9. The van der Waals surface area contributed by atoms with Crippen LogP contribution in [-0.4, -0.2) is 84.0 Å². The number of β-amino-alcohol motifs (C(OH)–C–C–N with tert-alkyl or cyclic N) is 1. The number of nitrogens with one attached hydrogen (secondary N) is 1. The molecule has 0 radical (unpaired) electrons. The minimum absolute atomic E-state index is 0.153. The van der Waals surface area contributed by atoms with Crippen molar-refractivity contribution in [3.05, 3.63) is 71.8 Å². The van der Waals surface area contributed by atoms with Crippen LogP contribution < -0.4 is 29.3 Å². The molecule has 1 fully saturated rings. The van der Waals surface area contributed by atoms with Crippen LogP contribution in [0.2, 0.25) is 0 Å². The summed E-state index contributed by atoms with van der Waals surface area (Å²) in [5.74, 6) is 3.05. The van der Waals surface area contributed by atoms with Gasteiger partial charge in [0.2, 0.25) is 0 Å². The molecule has 3 atom stereocenters. The van der Waals surface area contributed by atoms with Gasteiger partial charge in [-0.1, -0.05) is 18.2 Å². The fourth-order valence-electron chi connectivity index (χ4n) is 6.01. The monoisotopic (exact) mass is 575 g/mol. The smallest absolute Gasteiger partial charge is 0.146 e. The van der Waals surface area contributed by atoms with E-state index in [1.165, 1.54) is 0 Å². The van der Waals surface area contributed by atoms with Crippen molar-refractivity contribution in [1.29, 1.82) is 0 Å². The second-order valence-electron chi connectivity index (χ2n) is 11.2. The predicted molar refractivity (Wildman–Crippen MR) is 163 cm³/mol. The van der Waals surface area contributed by atoms with Crippen LogP contribution in [0.3, 0.4) is 0 Å². The lowest BCUT2D eigenvalue weighted by atomic mass is 9.85. The minimum Gasteiger partial charge on any atom is -0.490 e. The molecule has 1 saturated heterocycles. The lowest BCUT2D eigenvalue weighted by Crippen LogP contribution is -2.49. The lowest BCUT2D eigenvalue weighted by Gasteiger charge is -2.36. The summed E-state index contributed by atoms with van der Waals surface area (Å²) in [5.41, 5.74) is 4.28. The van der Waals surface area contributed by atoms with Crippen molar-refractivity contribution in [3.8, 4) is 23.0 Å². The molecule has 0 spiro atoms. The van der Waals surface area contributed by atoms with Gasteiger partial charge in [0.05, 0.1) is 43.3 Å². The second kappa shape index (κ2) is 13.2. The van der Waals surface area contributed by atoms with Crippen LogP contribution >= 0.6 is 0 Å². The third-order valence-electron chi connectivity index (χ3n) is 8.26. The van der Waals surface area contributed by atoms with E-state index in [0.717, 1.165) is 78.2 Å². The number of piperidine rings is 1. The van der Waals surface area contributed by atoms with E-state index in [1.807, 2.05) is 48.5 Å². The van der Waals surface area contributed by atoms with Gasteiger partial charge in [0, 0.05) is 52.4 Å². The van der Waals surface area contributed by atoms with Gasteiger partial charge >= 0.3 is 0 Å². The summed E-state index contributed by atoms with van der Waals surface area (Å²) in [7, 11) is 3.80. The van der Waals surface area contributed by atoms with Gasteiger partial charge in [-0.3, -0.25) is 0 Å². The third-order valence-corrected chi connectivity index (χ3v) is 8.26. The van der Waals surface area contributed by atoms with E-state index >= 15 is 0 Å². The molecule has 0 unspecified atom stereocenters. The van der Waals surface area contributed by atoms with Gasteiger partial charge < -0.3 is 43.9 Å². The van der Waals surface area contributed by atoms with E-state index in [4.69, 9.17) is 23.7 Å². The molecule has 9 heteroatoms. The van der Waals surface area contributed by atoms with E-state index in [1.54, 1.807) is 7.11 Å². The van der Waals surface area contributed by atoms with Crippen molar-refractivity contribution in [3.63, 3.8) is 0 Å². The van der Waals surface area contributed by atoms with Crippen molar-refractivity contribution < 1.29 is 28.8 Å². The standard InChI is InChI=1S/C33H41N3O6/c1-35-13-16-40-31-19-26(9-10-27(31)35)42-25-7-5-24(6-8-25)33-29(37)20-34-21-32(33)41-22-23-4-11-30-28(18-23)36(14-17-39-30)12-3-15-38-2/h4-11,18-19,29,32-34,37H,3,12-17,20-22H2,1-2H3/t29-,32+,33+/m1/s1. The number of methoxy groups -OCH3 is 1. The molecule has 0 bridgehead atoms. The zero-order valence-corrected chi connectivity index (χ0v) is 24.5. The Morgan fingerprint density at radius 3 is 2.57 bits per heavy atom. The first-order chi connectivity index (χ1) is 20.6. The summed E-state index contributed by atoms with van der Waals surface area (Å²) in [5, 5.41) is 14.3. The van der Waals surface area contributed by atoms with Gasteiger partial charge in [-0.25, -0.2) is 0 Å². The Kier molecular flexibility index (Phi) is 9.00. The van der Waals surface area contributed by atoms with Crippen LogP contribution in [0.4, 0.5) is 11.4 Å². The van der Waals surface area contributed by atoms with Gasteiger partial charge in [-0.15, -0.1) is 0 Å². The quantitative estimate of drug-likeness (QED) is 0.346. The highest BCUT2D eigenvalue weighted by Crippen LogP contribution is 2.37. The minimum atomic E-state index is -0.557. The summed E-state index contributed by atoms with van der Waals surface area (Å²) < 4.78 is 29.6. The average Bonchev–Trinajstić information content (AvgIpc) is 3.01. The summed E-state index contributed by atoms with van der Waals surface area (Å²) in [6, 6.07) is 20.2. The lowest BCUT2D eigenvalue weighted by molar-refractivity contribution is -0.0328. The van der Waals surface area contributed by atoms with Crippen LogP contribution in [0.5, 0.6) is 23.0 Å². The number of rotatable bonds is 10. The van der Waals surface area contributed by atoms with Crippen molar-refractivity contribution in [2.45, 2.75) is 31.2 Å². The maximum atomic E-state index is 11.0. The van der Waals surface area contributed by atoms with Gasteiger partial charge in [-0.05, 0) is 53.9 Å². The SMILES string of the molecule is COCCCN1CCOc2ccc(CO[C@H]3CNC[C@@H](O)[C@@H]3c3ccc(Oc4ccc5c(c4)OCCN5C)cc3)cc21. The summed E-state index contributed by atoms with van der Waals surface area (Å²) >= 11 is 0. The number of benzene rings is 3. The van der Waals surface area contributed by atoms with E-state index in [0.29, 0.717) is 32.9 Å². The summed E-state index contributed by atoms with van der Waals surface area (Å²) in [4.78, 5) is 4.54. The highest BCUT2D eigenvalue weighted by Gasteiger charge is 2.34. The fourth-order valence-corrected chi connectivity index (χ4v) is 6.01. The van der Waals surface area contributed by atoms with E-state index < -0.39 is 6.10 Å². The second-order valence-corrected chi connectivity index (χ2v) is 11.2. The molecule has 224 valence electrons. The largest absolute Gasteiger partial charge is 0.490 e. The normalized spacial score (nSPS) is 21.6. The Hall–Kier alpha value is -3.50. The molecule has 0 amide bonds. The number of fused-ring (bicyclic) bond motifs is 2. The molecular formula is C33H41N3O6. The van der Waals surface area contributed by atoms with Gasteiger partial charge in [-0.2, -0.15) is 0 Å². The van der Waals surface area contributed by atoms with Crippen molar-refractivity contribution in [1.82, 2.24) is 5.32 Å². The summed E-state index contributed by atoms with van der Waals surface area (Å²) in [6.45, 7) is 6.39. The van der Waals surface area contributed by atoms with Crippen LogP contribution in [-0.2, 0) is 16.1 Å². The molecule has 3 aromatic rings. The molecule has 3 heterocycles. The number of hydrogen-bond donors (Lipinski definition) is 2. The molecule has 0 aromatic heterocycles. The van der Waals surface area contributed by atoms with Crippen LogP contribution in [0.1, 0.15) is 23.5 Å². The maximum absolute atomic E-state index is 11.0. The highest BCUT2D eigenvalue weighted by atomic mass is 16.5. The maximum Gasteiger partial charge on any atom is 0.146 e. The van der Waals surface area contributed by atoms with Crippen molar-refractivity contribution in [2.24, 2.45) is 0 Å².